The molecule has 1 atom stereocenters. The number of hydrogen-bond donors (Lipinski definition) is 2. The first-order valence-corrected chi connectivity index (χ1v) is 4.70. The van der Waals surface area contributed by atoms with Crippen LogP contribution in [0.5, 0.6) is 0 Å². The zero-order valence-electron chi connectivity index (χ0n) is 9.01. The van der Waals surface area contributed by atoms with Gasteiger partial charge in [-0.1, -0.05) is 0 Å². The van der Waals surface area contributed by atoms with E-state index >= 15 is 0 Å². The molecule has 1 rings (SSSR count). The number of aliphatic carboxylic acids is 1. The predicted octanol–water partition coefficient (Wildman–Crippen LogP) is 0.0501. The van der Waals surface area contributed by atoms with E-state index in [0.29, 0.717) is 0 Å². The summed E-state index contributed by atoms with van der Waals surface area (Å²) in [6.07, 6.45) is -0.223. The molecule has 92 valence electrons. The fourth-order valence-electron chi connectivity index (χ4n) is 1.06. The van der Waals surface area contributed by atoms with Gasteiger partial charge in [0.25, 0.3) is 5.91 Å². The summed E-state index contributed by atoms with van der Waals surface area (Å²) >= 11 is 0. The fraction of sp³-hybridized carbons (Fsp3) is 0.300. The monoisotopic (exact) mass is 242 g/mol. The Morgan fingerprint density at radius 2 is 2.29 bits per heavy atom. The van der Waals surface area contributed by atoms with Gasteiger partial charge in [-0.05, 0) is 12.1 Å². The minimum absolute atomic E-state index is 0.00615. The second-order valence-corrected chi connectivity index (χ2v) is 3.13. The molecule has 0 bridgehead atoms. The maximum Gasteiger partial charge on any atom is 0.334 e. The van der Waals surface area contributed by atoms with Crippen LogP contribution in [-0.2, 0) is 9.53 Å². The van der Waals surface area contributed by atoms with Gasteiger partial charge in [0, 0.05) is 7.11 Å². The van der Waals surface area contributed by atoms with E-state index in [9.17, 15) is 14.0 Å². The van der Waals surface area contributed by atoms with Crippen molar-refractivity contribution in [3.05, 3.63) is 29.8 Å². The van der Waals surface area contributed by atoms with Crippen molar-refractivity contribution in [3.63, 3.8) is 0 Å². The average molecular weight is 242 g/mol. The van der Waals surface area contributed by atoms with Crippen molar-refractivity contribution in [2.45, 2.75) is 6.10 Å². The Bertz CT molecular complexity index is 407. The van der Waals surface area contributed by atoms with Crippen molar-refractivity contribution in [1.82, 2.24) is 10.3 Å². The van der Waals surface area contributed by atoms with Crippen LogP contribution >= 0.6 is 0 Å². The molecular weight excluding hydrogens is 231 g/mol. The first-order valence-electron chi connectivity index (χ1n) is 4.70. The molecule has 6 nitrogen and oxygen atoms in total. The van der Waals surface area contributed by atoms with Gasteiger partial charge in [-0.3, -0.25) is 4.79 Å². The number of pyridine rings is 1. The Morgan fingerprint density at radius 3 is 2.76 bits per heavy atom. The van der Waals surface area contributed by atoms with Gasteiger partial charge in [-0.2, -0.15) is 0 Å². The highest BCUT2D eigenvalue weighted by Crippen LogP contribution is 1.98. The van der Waals surface area contributed by atoms with E-state index < -0.39 is 23.8 Å². The van der Waals surface area contributed by atoms with Crippen molar-refractivity contribution in [2.24, 2.45) is 0 Å². The van der Waals surface area contributed by atoms with Gasteiger partial charge < -0.3 is 15.2 Å². The first-order chi connectivity index (χ1) is 8.04. The second-order valence-electron chi connectivity index (χ2n) is 3.13. The molecule has 1 amide bonds. The van der Waals surface area contributed by atoms with Crippen molar-refractivity contribution in [1.29, 1.82) is 0 Å². The Balaban J connectivity index is 2.55. The molecule has 0 aliphatic rings. The minimum atomic E-state index is -1.18. The number of hydrogen-bond acceptors (Lipinski definition) is 4. The number of nitrogens with zero attached hydrogens (tertiary/aromatic N) is 1. The molecule has 0 aliphatic heterocycles. The first kappa shape index (κ1) is 13.0. The number of carbonyl (C=O) groups is 2. The fourth-order valence-corrected chi connectivity index (χ4v) is 1.06. The SMILES string of the molecule is COC(CNC(=O)c1ccc(F)cn1)C(=O)O. The second kappa shape index (κ2) is 5.90. The summed E-state index contributed by atoms with van der Waals surface area (Å²) in [5.41, 5.74) is 0.00615. The molecule has 0 fully saturated rings. The summed E-state index contributed by atoms with van der Waals surface area (Å²) in [7, 11) is 1.22. The summed E-state index contributed by atoms with van der Waals surface area (Å²) < 4.78 is 17.2. The molecule has 17 heavy (non-hydrogen) atoms. The topological polar surface area (TPSA) is 88.5 Å². The van der Waals surface area contributed by atoms with Crippen LogP contribution in [0.15, 0.2) is 18.3 Å². The lowest BCUT2D eigenvalue weighted by Crippen LogP contribution is -2.38. The number of carboxylic acids is 1. The third-order valence-corrected chi connectivity index (χ3v) is 1.97. The summed E-state index contributed by atoms with van der Waals surface area (Å²) in [6, 6.07) is 2.29. The number of nitrogens with one attached hydrogen (secondary N) is 1. The Kier molecular flexibility index (Phi) is 4.53. The molecule has 1 heterocycles. The summed E-state index contributed by atoms with van der Waals surface area (Å²) in [4.78, 5) is 25.6. The van der Waals surface area contributed by atoms with E-state index in [1.54, 1.807) is 0 Å². The highest BCUT2D eigenvalue weighted by Gasteiger charge is 2.17. The maximum atomic E-state index is 12.5. The van der Waals surface area contributed by atoms with Crippen LogP contribution in [0.4, 0.5) is 4.39 Å². The third-order valence-electron chi connectivity index (χ3n) is 1.97. The third kappa shape index (κ3) is 3.80. The lowest BCUT2D eigenvalue weighted by Gasteiger charge is -2.10. The van der Waals surface area contributed by atoms with Crippen LogP contribution in [0.3, 0.4) is 0 Å². The van der Waals surface area contributed by atoms with Crippen molar-refractivity contribution in [3.8, 4) is 0 Å². The molecular formula is C10H11FN2O4. The van der Waals surface area contributed by atoms with Crippen LogP contribution in [0.1, 0.15) is 10.5 Å². The molecule has 7 heteroatoms. The van der Waals surface area contributed by atoms with Gasteiger partial charge in [0.15, 0.2) is 6.10 Å². The van der Waals surface area contributed by atoms with Crippen LogP contribution < -0.4 is 5.32 Å². The Labute approximate surface area is 96.4 Å². The van der Waals surface area contributed by atoms with Crippen LogP contribution in [0.25, 0.3) is 0 Å². The number of amides is 1. The van der Waals surface area contributed by atoms with Gasteiger partial charge in [0.05, 0.1) is 12.7 Å². The number of methoxy groups -OCH3 is 1. The summed E-state index contributed by atoms with van der Waals surface area (Å²) in [5, 5.41) is 11.0. The molecule has 0 radical (unpaired) electrons. The number of carbonyl (C=O) groups excluding carboxylic acids is 1. The van der Waals surface area contributed by atoms with Gasteiger partial charge in [0.1, 0.15) is 11.5 Å². The van der Waals surface area contributed by atoms with Crippen molar-refractivity contribution in [2.75, 3.05) is 13.7 Å². The molecule has 0 aliphatic carbocycles. The highest BCUT2D eigenvalue weighted by atomic mass is 19.1. The molecule has 1 aromatic rings. The van der Waals surface area contributed by atoms with Gasteiger partial charge in [-0.15, -0.1) is 0 Å². The molecule has 0 spiro atoms. The quantitative estimate of drug-likeness (QED) is 0.761. The van der Waals surface area contributed by atoms with Crippen LogP contribution in [0.2, 0.25) is 0 Å². The number of ether oxygens (including phenoxy) is 1. The Morgan fingerprint density at radius 1 is 1.59 bits per heavy atom. The lowest BCUT2D eigenvalue weighted by molar-refractivity contribution is -0.148. The van der Waals surface area contributed by atoms with Crippen molar-refractivity contribution < 1.29 is 23.8 Å². The molecule has 1 unspecified atom stereocenters. The number of halogens is 1. The molecule has 0 saturated heterocycles. The molecule has 1 aromatic heterocycles. The van der Waals surface area contributed by atoms with E-state index in [2.05, 4.69) is 15.0 Å². The largest absolute Gasteiger partial charge is 0.479 e. The Hall–Kier alpha value is -2.02. The molecule has 0 aromatic carbocycles. The van der Waals surface area contributed by atoms with E-state index in [4.69, 9.17) is 5.11 Å². The zero-order valence-corrected chi connectivity index (χ0v) is 9.01. The normalized spacial score (nSPS) is 11.9. The highest BCUT2D eigenvalue weighted by molar-refractivity contribution is 5.92. The standard InChI is InChI=1S/C10H11FN2O4/c1-17-8(10(15)16)5-13-9(14)7-3-2-6(11)4-12-7/h2-4,8H,5H2,1H3,(H,13,14)(H,15,16). The van der Waals surface area contributed by atoms with Gasteiger partial charge in [0.2, 0.25) is 0 Å². The number of aromatic nitrogens is 1. The molecule has 2 N–H and O–H groups in total. The summed E-state index contributed by atoms with van der Waals surface area (Å²) in [6.45, 7) is -0.191. The average Bonchev–Trinajstić information content (AvgIpc) is 2.30. The predicted molar refractivity (Wildman–Crippen MR) is 55.0 cm³/mol. The van der Waals surface area contributed by atoms with Gasteiger partial charge in [-0.25, -0.2) is 14.2 Å². The van der Waals surface area contributed by atoms with Crippen LogP contribution in [0, 0.1) is 5.82 Å². The van der Waals surface area contributed by atoms with E-state index in [0.717, 1.165) is 12.3 Å². The summed E-state index contributed by atoms with van der Waals surface area (Å²) in [5.74, 6) is -2.32. The number of rotatable bonds is 5. The zero-order chi connectivity index (χ0) is 12.8. The van der Waals surface area contributed by atoms with Gasteiger partial charge >= 0.3 is 5.97 Å². The minimum Gasteiger partial charge on any atom is -0.479 e. The van der Waals surface area contributed by atoms with E-state index in [1.807, 2.05) is 0 Å². The smallest absolute Gasteiger partial charge is 0.334 e. The number of carboxylic acid groups (broad SMARTS) is 1. The van der Waals surface area contributed by atoms with E-state index in [-0.39, 0.29) is 12.2 Å². The molecule has 0 saturated carbocycles. The maximum absolute atomic E-state index is 12.5. The van der Waals surface area contributed by atoms with E-state index in [1.165, 1.54) is 13.2 Å². The van der Waals surface area contributed by atoms with Crippen LogP contribution in [-0.4, -0.2) is 41.7 Å². The lowest BCUT2D eigenvalue weighted by atomic mass is 10.3. The van der Waals surface area contributed by atoms with Crippen molar-refractivity contribution >= 4 is 11.9 Å².